The summed E-state index contributed by atoms with van der Waals surface area (Å²) >= 11 is 3.28. The Balaban J connectivity index is 3.23. The Bertz CT molecular complexity index is 347. The number of carbonyl (C=O) groups is 1. The number of aromatic hydroxyl groups is 1. The largest absolute Gasteiger partial charge is 0.508 e. The number of hydrogen-bond acceptors (Lipinski definition) is 2. The molecule has 2 nitrogen and oxygen atoms in total. The SMILES string of the molecule is CCc1cccc(O)c1C(Br)C(C)=O. The molecule has 0 radical (unpaired) electrons. The first kappa shape index (κ1) is 11.2. The van der Waals surface area contributed by atoms with E-state index in [9.17, 15) is 9.90 Å². The van der Waals surface area contributed by atoms with Crippen LogP contribution in [-0.4, -0.2) is 10.9 Å². The molecule has 14 heavy (non-hydrogen) atoms. The number of alkyl halides is 1. The van der Waals surface area contributed by atoms with Crippen molar-refractivity contribution in [2.45, 2.75) is 25.1 Å². The summed E-state index contributed by atoms with van der Waals surface area (Å²) in [6.45, 7) is 3.50. The first-order valence-corrected chi connectivity index (χ1v) is 5.44. The Hall–Kier alpha value is -0.830. The molecule has 1 aromatic carbocycles. The first-order valence-electron chi connectivity index (χ1n) is 4.53. The Morgan fingerprint density at radius 3 is 2.71 bits per heavy atom. The highest BCUT2D eigenvalue weighted by atomic mass is 79.9. The lowest BCUT2D eigenvalue weighted by atomic mass is 10.00. The monoisotopic (exact) mass is 256 g/mol. The number of hydrogen-bond donors (Lipinski definition) is 1. The normalized spacial score (nSPS) is 12.5. The number of phenolic OH excluding ortho intramolecular Hbond substituents is 1. The number of carbonyl (C=O) groups excluding carboxylic acids is 1. The van der Waals surface area contributed by atoms with Crippen LogP contribution in [0.1, 0.15) is 29.8 Å². The summed E-state index contributed by atoms with van der Waals surface area (Å²) in [4.78, 5) is 10.8. The Labute approximate surface area is 92.1 Å². The van der Waals surface area contributed by atoms with E-state index in [-0.39, 0.29) is 11.5 Å². The second-order valence-corrected chi connectivity index (χ2v) is 4.09. The first-order chi connectivity index (χ1) is 6.57. The third-order valence-electron chi connectivity index (χ3n) is 2.16. The van der Waals surface area contributed by atoms with Gasteiger partial charge in [-0.3, -0.25) is 4.79 Å². The van der Waals surface area contributed by atoms with E-state index in [1.54, 1.807) is 12.1 Å². The summed E-state index contributed by atoms with van der Waals surface area (Å²) in [6, 6.07) is 5.31. The molecule has 76 valence electrons. The van der Waals surface area contributed by atoms with Gasteiger partial charge in [0.05, 0.1) is 0 Å². The van der Waals surface area contributed by atoms with E-state index < -0.39 is 4.83 Å². The van der Waals surface area contributed by atoms with Gasteiger partial charge in [-0.05, 0) is 25.0 Å². The summed E-state index contributed by atoms with van der Waals surface area (Å²) in [6.07, 6.45) is 0.805. The molecular weight excluding hydrogens is 244 g/mol. The summed E-state index contributed by atoms with van der Waals surface area (Å²) in [5.74, 6) is 0.183. The topological polar surface area (TPSA) is 37.3 Å². The van der Waals surface area contributed by atoms with Gasteiger partial charge in [-0.25, -0.2) is 0 Å². The van der Waals surface area contributed by atoms with Crippen LogP contribution in [0.25, 0.3) is 0 Å². The zero-order chi connectivity index (χ0) is 10.7. The number of aryl methyl sites for hydroxylation is 1. The second-order valence-electron chi connectivity index (χ2n) is 3.18. The van der Waals surface area contributed by atoms with Crippen LogP contribution < -0.4 is 0 Å². The van der Waals surface area contributed by atoms with Gasteiger partial charge in [-0.1, -0.05) is 35.0 Å². The zero-order valence-electron chi connectivity index (χ0n) is 8.25. The molecule has 0 aliphatic carbocycles. The molecule has 3 heteroatoms. The number of halogens is 1. The van der Waals surface area contributed by atoms with E-state index >= 15 is 0 Å². The maximum absolute atomic E-state index is 11.2. The van der Waals surface area contributed by atoms with Crippen LogP contribution in [-0.2, 0) is 11.2 Å². The van der Waals surface area contributed by atoms with Gasteiger partial charge in [-0.15, -0.1) is 0 Å². The van der Waals surface area contributed by atoms with Crippen molar-refractivity contribution >= 4 is 21.7 Å². The number of ketones is 1. The summed E-state index contributed by atoms with van der Waals surface area (Å²) in [7, 11) is 0. The Morgan fingerprint density at radius 2 is 2.21 bits per heavy atom. The van der Waals surface area contributed by atoms with Crippen LogP contribution >= 0.6 is 15.9 Å². The molecule has 0 aromatic heterocycles. The molecule has 1 unspecified atom stereocenters. The van der Waals surface area contributed by atoms with Crippen molar-refractivity contribution < 1.29 is 9.90 Å². The molecule has 0 heterocycles. The van der Waals surface area contributed by atoms with Crippen LogP contribution in [0.15, 0.2) is 18.2 Å². The lowest BCUT2D eigenvalue weighted by Gasteiger charge is -2.13. The molecule has 0 aliphatic heterocycles. The van der Waals surface area contributed by atoms with E-state index in [1.807, 2.05) is 13.0 Å². The molecule has 0 spiro atoms. The molecule has 0 saturated carbocycles. The lowest BCUT2D eigenvalue weighted by molar-refractivity contribution is -0.116. The average molecular weight is 257 g/mol. The Kier molecular flexibility index (Phi) is 3.69. The minimum absolute atomic E-state index is 0.00111. The van der Waals surface area contributed by atoms with Crippen LogP contribution in [0.4, 0.5) is 0 Å². The number of phenols is 1. The fourth-order valence-corrected chi connectivity index (χ4v) is 1.93. The maximum Gasteiger partial charge on any atom is 0.147 e. The molecule has 0 aliphatic rings. The smallest absolute Gasteiger partial charge is 0.147 e. The van der Waals surface area contributed by atoms with Crippen molar-refractivity contribution in [1.29, 1.82) is 0 Å². The Morgan fingerprint density at radius 1 is 1.57 bits per heavy atom. The highest BCUT2D eigenvalue weighted by Crippen LogP contribution is 2.34. The van der Waals surface area contributed by atoms with Gasteiger partial charge in [0, 0.05) is 5.56 Å². The minimum Gasteiger partial charge on any atom is -0.508 e. The lowest BCUT2D eigenvalue weighted by Crippen LogP contribution is -2.04. The molecule has 0 amide bonds. The van der Waals surface area contributed by atoms with Crippen molar-refractivity contribution in [3.05, 3.63) is 29.3 Å². The van der Waals surface area contributed by atoms with Crippen LogP contribution in [0, 0.1) is 0 Å². The van der Waals surface area contributed by atoms with Gasteiger partial charge in [0.2, 0.25) is 0 Å². The minimum atomic E-state index is -0.404. The summed E-state index contributed by atoms with van der Waals surface area (Å²) in [5, 5.41) is 9.66. The van der Waals surface area contributed by atoms with Gasteiger partial charge in [0.25, 0.3) is 0 Å². The molecular formula is C11H13BrO2. The van der Waals surface area contributed by atoms with Gasteiger partial charge in [0.15, 0.2) is 0 Å². The third kappa shape index (κ3) is 2.15. The summed E-state index contributed by atoms with van der Waals surface area (Å²) in [5.41, 5.74) is 1.70. The number of Topliss-reactive ketones (excluding diaryl/α,β-unsaturated/α-hetero) is 1. The quantitative estimate of drug-likeness (QED) is 0.845. The molecule has 1 atom stereocenters. The van der Waals surface area contributed by atoms with Crippen molar-refractivity contribution in [1.82, 2.24) is 0 Å². The molecule has 0 bridgehead atoms. The van der Waals surface area contributed by atoms with Crippen LogP contribution in [0.2, 0.25) is 0 Å². The van der Waals surface area contributed by atoms with Crippen molar-refractivity contribution in [3.63, 3.8) is 0 Å². The van der Waals surface area contributed by atoms with Gasteiger partial charge in [-0.2, -0.15) is 0 Å². The maximum atomic E-state index is 11.2. The van der Waals surface area contributed by atoms with Crippen molar-refractivity contribution in [2.24, 2.45) is 0 Å². The fraction of sp³-hybridized carbons (Fsp3) is 0.364. The van der Waals surface area contributed by atoms with E-state index in [4.69, 9.17) is 0 Å². The molecule has 1 rings (SSSR count). The molecule has 1 aromatic rings. The predicted molar refractivity (Wildman–Crippen MR) is 59.8 cm³/mol. The highest BCUT2D eigenvalue weighted by Gasteiger charge is 2.19. The number of rotatable bonds is 3. The third-order valence-corrected chi connectivity index (χ3v) is 3.27. The second kappa shape index (κ2) is 4.60. The molecule has 0 fully saturated rings. The highest BCUT2D eigenvalue weighted by molar-refractivity contribution is 9.09. The van der Waals surface area contributed by atoms with Crippen LogP contribution in [0.5, 0.6) is 5.75 Å². The van der Waals surface area contributed by atoms with Crippen molar-refractivity contribution in [2.75, 3.05) is 0 Å². The zero-order valence-corrected chi connectivity index (χ0v) is 9.84. The fourth-order valence-electron chi connectivity index (χ4n) is 1.40. The van der Waals surface area contributed by atoms with E-state index in [0.717, 1.165) is 12.0 Å². The van der Waals surface area contributed by atoms with Gasteiger partial charge < -0.3 is 5.11 Å². The van der Waals surface area contributed by atoms with E-state index in [1.165, 1.54) is 6.92 Å². The molecule has 0 saturated heterocycles. The molecule has 1 N–H and O–H groups in total. The van der Waals surface area contributed by atoms with Gasteiger partial charge in [0.1, 0.15) is 16.4 Å². The van der Waals surface area contributed by atoms with Gasteiger partial charge >= 0.3 is 0 Å². The van der Waals surface area contributed by atoms with Crippen molar-refractivity contribution in [3.8, 4) is 5.75 Å². The average Bonchev–Trinajstić information content (AvgIpc) is 2.16. The van der Waals surface area contributed by atoms with E-state index in [0.29, 0.717) is 5.56 Å². The predicted octanol–water partition coefficient (Wildman–Crippen LogP) is 2.98. The summed E-state index contributed by atoms with van der Waals surface area (Å²) < 4.78 is 0. The van der Waals surface area contributed by atoms with E-state index in [2.05, 4.69) is 15.9 Å². The standard InChI is InChI=1S/C11H13BrO2/c1-3-8-5-4-6-9(14)10(8)11(12)7(2)13/h4-6,11,14H,3H2,1-2H3. The van der Waals surface area contributed by atoms with Crippen LogP contribution in [0.3, 0.4) is 0 Å². The number of benzene rings is 1.